The molecule has 0 radical (unpaired) electrons. The van der Waals surface area contributed by atoms with Crippen LogP contribution >= 0.6 is 0 Å². The third kappa shape index (κ3) is 3.70. The van der Waals surface area contributed by atoms with Crippen LogP contribution in [0, 0.1) is 11.3 Å². The summed E-state index contributed by atoms with van der Waals surface area (Å²) in [5.41, 5.74) is -1.15. The number of carbonyl (C=O) groups excluding carboxylic acids is 1. The maximum Gasteiger partial charge on any atom is 0.337 e. The molecule has 0 saturated carbocycles. The molecule has 20 heavy (non-hydrogen) atoms. The highest BCUT2D eigenvalue weighted by Crippen LogP contribution is 2.14. The third-order valence-electron chi connectivity index (χ3n) is 2.71. The number of amides is 2. The number of urea groups is 1. The lowest BCUT2D eigenvalue weighted by molar-refractivity contribution is -0.155. The van der Waals surface area contributed by atoms with Gasteiger partial charge in [0.1, 0.15) is 0 Å². The summed E-state index contributed by atoms with van der Waals surface area (Å²) in [6, 6.07) is 7.76. The summed E-state index contributed by atoms with van der Waals surface area (Å²) in [7, 11) is 1.47. The number of benzene rings is 1. The SMILES string of the molecule is CN(C(=O)NCC(C)(O)C(=O)O)c1cccc(C#N)c1. The van der Waals surface area contributed by atoms with Gasteiger partial charge in [0, 0.05) is 12.7 Å². The molecule has 1 unspecified atom stereocenters. The summed E-state index contributed by atoms with van der Waals surface area (Å²) in [5, 5.41) is 29.3. The molecule has 1 aromatic carbocycles. The number of carboxylic acid groups (broad SMARTS) is 1. The number of aliphatic hydroxyl groups is 1. The first-order valence-electron chi connectivity index (χ1n) is 5.75. The Morgan fingerprint density at radius 3 is 2.70 bits per heavy atom. The normalized spacial score (nSPS) is 12.9. The lowest BCUT2D eigenvalue weighted by Crippen LogP contribution is -2.49. The van der Waals surface area contributed by atoms with Gasteiger partial charge in [-0.05, 0) is 25.1 Å². The van der Waals surface area contributed by atoms with E-state index >= 15 is 0 Å². The molecule has 0 aliphatic rings. The molecule has 7 heteroatoms. The quantitative estimate of drug-likeness (QED) is 0.743. The van der Waals surface area contributed by atoms with Crippen LogP contribution in [0.1, 0.15) is 12.5 Å². The van der Waals surface area contributed by atoms with E-state index in [0.29, 0.717) is 11.3 Å². The lowest BCUT2D eigenvalue weighted by atomic mass is 10.1. The first-order valence-corrected chi connectivity index (χ1v) is 5.75. The monoisotopic (exact) mass is 277 g/mol. The minimum absolute atomic E-state index is 0.402. The first-order chi connectivity index (χ1) is 9.27. The molecule has 7 nitrogen and oxygen atoms in total. The van der Waals surface area contributed by atoms with Crippen molar-refractivity contribution in [2.24, 2.45) is 0 Å². The zero-order chi connectivity index (χ0) is 15.3. The number of hydrogen-bond acceptors (Lipinski definition) is 4. The van der Waals surface area contributed by atoms with Crippen molar-refractivity contribution in [1.29, 1.82) is 5.26 Å². The van der Waals surface area contributed by atoms with Crippen molar-refractivity contribution in [2.45, 2.75) is 12.5 Å². The van der Waals surface area contributed by atoms with Crippen molar-refractivity contribution in [2.75, 3.05) is 18.5 Å². The van der Waals surface area contributed by atoms with Crippen LogP contribution in [-0.4, -0.2) is 41.4 Å². The van der Waals surface area contributed by atoms with Gasteiger partial charge in [-0.25, -0.2) is 9.59 Å². The topological polar surface area (TPSA) is 114 Å². The number of anilines is 1. The molecule has 1 rings (SSSR count). The zero-order valence-corrected chi connectivity index (χ0v) is 11.1. The highest BCUT2D eigenvalue weighted by atomic mass is 16.4. The third-order valence-corrected chi connectivity index (χ3v) is 2.71. The van der Waals surface area contributed by atoms with Crippen LogP contribution in [0.3, 0.4) is 0 Å². The predicted octanol–water partition coefficient (Wildman–Crippen LogP) is 0.540. The number of carbonyl (C=O) groups is 2. The molecule has 0 saturated heterocycles. The van der Waals surface area contributed by atoms with E-state index in [1.54, 1.807) is 18.2 Å². The fourth-order valence-corrected chi connectivity index (χ4v) is 1.34. The van der Waals surface area contributed by atoms with E-state index in [2.05, 4.69) is 5.32 Å². The smallest absolute Gasteiger partial charge is 0.337 e. The van der Waals surface area contributed by atoms with Gasteiger partial charge in [-0.15, -0.1) is 0 Å². The van der Waals surface area contributed by atoms with E-state index in [-0.39, 0.29) is 0 Å². The van der Waals surface area contributed by atoms with Crippen molar-refractivity contribution in [3.8, 4) is 6.07 Å². The summed E-state index contributed by atoms with van der Waals surface area (Å²) in [4.78, 5) is 23.8. The molecule has 0 spiro atoms. The molecule has 0 aliphatic heterocycles. The van der Waals surface area contributed by atoms with Gasteiger partial charge >= 0.3 is 12.0 Å². The molecule has 0 bridgehead atoms. The number of carboxylic acids is 1. The molecule has 2 amide bonds. The maximum absolute atomic E-state index is 11.8. The molecule has 0 fully saturated rings. The number of aliphatic carboxylic acids is 1. The van der Waals surface area contributed by atoms with Crippen molar-refractivity contribution < 1.29 is 19.8 Å². The Labute approximate surface area is 116 Å². The molecule has 0 aromatic heterocycles. The van der Waals surface area contributed by atoms with Crippen molar-refractivity contribution in [3.63, 3.8) is 0 Å². The minimum Gasteiger partial charge on any atom is -0.479 e. The number of nitrogens with one attached hydrogen (secondary N) is 1. The predicted molar refractivity (Wildman–Crippen MR) is 71.2 cm³/mol. The van der Waals surface area contributed by atoms with Gasteiger partial charge in [-0.2, -0.15) is 5.26 Å². The number of nitrogens with zero attached hydrogens (tertiary/aromatic N) is 2. The van der Waals surface area contributed by atoms with Crippen LogP contribution in [0.25, 0.3) is 0 Å². The van der Waals surface area contributed by atoms with Crippen LogP contribution in [0.15, 0.2) is 24.3 Å². The first kappa shape index (κ1) is 15.5. The molecule has 3 N–H and O–H groups in total. The van der Waals surface area contributed by atoms with Gasteiger partial charge in [0.05, 0.1) is 18.2 Å². The van der Waals surface area contributed by atoms with E-state index in [1.807, 2.05) is 6.07 Å². The fraction of sp³-hybridized carbons (Fsp3) is 0.308. The van der Waals surface area contributed by atoms with Gasteiger partial charge in [-0.3, -0.25) is 4.90 Å². The summed E-state index contributed by atoms with van der Waals surface area (Å²) < 4.78 is 0. The number of nitriles is 1. The summed E-state index contributed by atoms with van der Waals surface area (Å²) in [6.07, 6.45) is 0. The van der Waals surface area contributed by atoms with Crippen LogP contribution in [0.2, 0.25) is 0 Å². The van der Waals surface area contributed by atoms with Crippen LogP contribution in [-0.2, 0) is 4.79 Å². The fourth-order valence-electron chi connectivity index (χ4n) is 1.34. The summed E-state index contributed by atoms with van der Waals surface area (Å²) >= 11 is 0. The Kier molecular flexibility index (Phi) is 4.67. The molecule has 1 aromatic rings. The number of hydrogen-bond donors (Lipinski definition) is 3. The molecular weight excluding hydrogens is 262 g/mol. The second-order valence-electron chi connectivity index (χ2n) is 4.46. The maximum atomic E-state index is 11.8. The Hall–Kier alpha value is -2.59. The van der Waals surface area contributed by atoms with E-state index in [9.17, 15) is 14.7 Å². The van der Waals surface area contributed by atoms with Gasteiger partial charge in [0.15, 0.2) is 5.60 Å². The van der Waals surface area contributed by atoms with Crippen LogP contribution in [0.5, 0.6) is 0 Å². The largest absolute Gasteiger partial charge is 0.479 e. The molecule has 106 valence electrons. The zero-order valence-electron chi connectivity index (χ0n) is 11.1. The van der Waals surface area contributed by atoms with E-state index in [0.717, 1.165) is 6.92 Å². The van der Waals surface area contributed by atoms with Crippen molar-refractivity contribution in [1.82, 2.24) is 5.32 Å². The Morgan fingerprint density at radius 2 is 2.15 bits per heavy atom. The standard InChI is InChI=1S/C13H15N3O4/c1-13(20,11(17)18)8-15-12(19)16(2)10-5-3-4-9(6-10)7-14/h3-6,20H,8H2,1-2H3,(H,15,19)(H,17,18). The molecule has 1 atom stereocenters. The van der Waals surface area contributed by atoms with Crippen LogP contribution in [0.4, 0.5) is 10.5 Å². The van der Waals surface area contributed by atoms with Gasteiger partial charge < -0.3 is 15.5 Å². The highest BCUT2D eigenvalue weighted by Gasteiger charge is 2.30. The van der Waals surface area contributed by atoms with Gasteiger partial charge in [0.25, 0.3) is 0 Å². The molecule has 0 heterocycles. The number of rotatable bonds is 4. The Bertz CT molecular complexity index is 563. The average molecular weight is 277 g/mol. The second-order valence-corrected chi connectivity index (χ2v) is 4.46. The molecular formula is C13H15N3O4. The summed E-state index contributed by atoms with van der Waals surface area (Å²) in [5.74, 6) is -1.42. The van der Waals surface area contributed by atoms with E-state index in [4.69, 9.17) is 10.4 Å². The minimum atomic E-state index is -2.04. The Balaban J connectivity index is 2.73. The van der Waals surface area contributed by atoms with Crippen molar-refractivity contribution in [3.05, 3.63) is 29.8 Å². The van der Waals surface area contributed by atoms with Gasteiger partial charge in [-0.1, -0.05) is 6.07 Å². The van der Waals surface area contributed by atoms with E-state index < -0.39 is 24.1 Å². The molecule has 0 aliphatic carbocycles. The van der Waals surface area contributed by atoms with E-state index in [1.165, 1.54) is 18.0 Å². The van der Waals surface area contributed by atoms with Crippen LogP contribution < -0.4 is 10.2 Å². The highest BCUT2D eigenvalue weighted by molar-refractivity contribution is 5.92. The van der Waals surface area contributed by atoms with Gasteiger partial charge in [0.2, 0.25) is 0 Å². The summed E-state index contributed by atoms with van der Waals surface area (Å²) in [6.45, 7) is 0.662. The average Bonchev–Trinajstić information content (AvgIpc) is 2.43. The second kappa shape index (κ2) is 6.04. The Morgan fingerprint density at radius 1 is 1.50 bits per heavy atom. The lowest BCUT2D eigenvalue weighted by Gasteiger charge is -2.22. The van der Waals surface area contributed by atoms with Crippen molar-refractivity contribution >= 4 is 17.7 Å².